The molecule has 1 amide bonds. The van der Waals surface area contributed by atoms with E-state index in [1.165, 1.54) is 11.0 Å². The smallest absolute Gasteiger partial charge is 0.308 e. The molecule has 0 saturated carbocycles. The van der Waals surface area contributed by atoms with Crippen LogP contribution in [0.1, 0.15) is 16.8 Å². The van der Waals surface area contributed by atoms with Gasteiger partial charge in [-0.25, -0.2) is 0 Å². The van der Waals surface area contributed by atoms with Gasteiger partial charge in [-0.05, 0) is 24.6 Å². The molecule has 1 fully saturated rings. The second-order valence-corrected chi connectivity index (χ2v) is 5.04. The third kappa shape index (κ3) is 2.60. The van der Waals surface area contributed by atoms with Gasteiger partial charge in [-0.2, -0.15) is 0 Å². The quantitative estimate of drug-likeness (QED) is 0.909. The molecule has 0 unspecified atom stereocenters. The van der Waals surface area contributed by atoms with E-state index < -0.39 is 11.9 Å². The lowest BCUT2D eigenvalue weighted by molar-refractivity contribution is -0.141. The monoisotopic (exact) mass is 287 g/mol. The normalized spacial score (nSPS) is 19.0. The summed E-state index contributed by atoms with van der Waals surface area (Å²) in [5.41, 5.74) is 0.354. The van der Waals surface area contributed by atoms with E-state index in [0.717, 1.165) is 0 Å². The van der Waals surface area contributed by atoms with Crippen LogP contribution in [0.25, 0.3) is 0 Å². The predicted molar refractivity (Wildman–Crippen MR) is 68.1 cm³/mol. The van der Waals surface area contributed by atoms with Crippen molar-refractivity contribution < 1.29 is 14.7 Å². The number of nitrogens with zero attached hydrogens (tertiary/aromatic N) is 1. The van der Waals surface area contributed by atoms with Gasteiger partial charge >= 0.3 is 5.97 Å². The molecule has 96 valence electrons. The van der Waals surface area contributed by atoms with Gasteiger partial charge in [0.1, 0.15) is 0 Å². The van der Waals surface area contributed by atoms with Crippen molar-refractivity contribution in [2.75, 3.05) is 13.1 Å². The van der Waals surface area contributed by atoms with Crippen LogP contribution < -0.4 is 0 Å². The molecule has 1 N–H and O–H groups in total. The number of benzene rings is 1. The molecule has 0 spiro atoms. The van der Waals surface area contributed by atoms with Crippen LogP contribution >= 0.6 is 23.2 Å². The van der Waals surface area contributed by atoms with E-state index >= 15 is 0 Å². The minimum Gasteiger partial charge on any atom is -0.481 e. The van der Waals surface area contributed by atoms with E-state index in [1.54, 1.807) is 12.1 Å². The molecule has 0 aromatic heterocycles. The van der Waals surface area contributed by atoms with Crippen molar-refractivity contribution in [3.8, 4) is 0 Å². The molecule has 0 radical (unpaired) electrons. The number of aliphatic carboxylic acids is 1. The van der Waals surface area contributed by atoms with Gasteiger partial charge in [-0.1, -0.05) is 23.2 Å². The Morgan fingerprint density at radius 1 is 1.33 bits per heavy atom. The zero-order valence-electron chi connectivity index (χ0n) is 9.40. The molecule has 1 aromatic rings. The highest BCUT2D eigenvalue weighted by molar-refractivity contribution is 6.36. The van der Waals surface area contributed by atoms with Gasteiger partial charge in [0.2, 0.25) is 0 Å². The molecule has 6 heteroatoms. The van der Waals surface area contributed by atoms with E-state index in [1.807, 2.05) is 0 Å². The molecule has 1 aromatic carbocycles. The van der Waals surface area contributed by atoms with Crippen molar-refractivity contribution in [3.63, 3.8) is 0 Å². The fourth-order valence-electron chi connectivity index (χ4n) is 1.98. The van der Waals surface area contributed by atoms with Crippen molar-refractivity contribution >= 4 is 35.1 Å². The van der Waals surface area contributed by atoms with E-state index in [0.29, 0.717) is 23.6 Å². The van der Waals surface area contributed by atoms with Crippen molar-refractivity contribution in [2.45, 2.75) is 6.42 Å². The minimum absolute atomic E-state index is 0.229. The maximum atomic E-state index is 12.2. The predicted octanol–water partition coefficient (Wildman–Crippen LogP) is 2.54. The minimum atomic E-state index is -0.868. The van der Waals surface area contributed by atoms with E-state index in [4.69, 9.17) is 28.3 Å². The summed E-state index contributed by atoms with van der Waals surface area (Å²) in [7, 11) is 0. The first kappa shape index (κ1) is 13.2. The largest absolute Gasteiger partial charge is 0.481 e. The Kier molecular flexibility index (Phi) is 3.78. The van der Waals surface area contributed by atoms with Crippen LogP contribution in [-0.4, -0.2) is 35.0 Å². The Balaban J connectivity index is 2.15. The summed E-state index contributed by atoms with van der Waals surface area (Å²) < 4.78 is 0. The summed E-state index contributed by atoms with van der Waals surface area (Å²) in [6.07, 6.45) is 0.478. The van der Waals surface area contributed by atoms with Crippen molar-refractivity contribution in [1.82, 2.24) is 4.90 Å². The summed E-state index contributed by atoms with van der Waals surface area (Å²) in [5, 5.41) is 9.64. The second-order valence-electron chi connectivity index (χ2n) is 4.20. The highest BCUT2D eigenvalue weighted by atomic mass is 35.5. The Labute approximate surface area is 114 Å². The van der Waals surface area contributed by atoms with E-state index in [-0.39, 0.29) is 17.5 Å². The van der Waals surface area contributed by atoms with Gasteiger partial charge in [0.15, 0.2) is 0 Å². The lowest BCUT2D eigenvalue weighted by Crippen LogP contribution is -2.30. The average molecular weight is 288 g/mol. The number of carbonyl (C=O) groups excluding carboxylic acids is 1. The van der Waals surface area contributed by atoms with E-state index in [9.17, 15) is 9.59 Å². The summed E-state index contributed by atoms with van der Waals surface area (Å²) >= 11 is 11.7. The van der Waals surface area contributed by atoms with Crippen LogP contribution in [0, 0.1) is 5.92 Å². The number of likely N-dealkylation sites (tertiary alicyclic amines) is 1. The Morgan fingerprint density at radius 2 is 2.06 bits per heavy atom. The van der Waals surface area contributed by atoms with Crippen LogP contribution in [0.5, 0.6) is 0 Å². The Morgan fingerprint density at radius 3 is 2.61 bits per heavy atom. The standard InChI is InChI=1S/C12H11Cl2NO3/c13-8-1-2-9(10(14)5-8)11(16)15-4-3-7(6-15)12(17)18/h1-2,5,7H,3-4,6H2,(H,17,18)/t7-/m1/s1. The maximum Gasteiger partial charge on any atom is 0.308 e. The third-order valence-electron chi connectivity index (χ3n) is 2.99. The topological polar surface area (TPSA) is 57.6 Å². The zero-order chi connectivity index (χ0) is 13.3. The number of carboxylic acids is 1. The Hall–Kier alpha value is -1.26. The molecular formula is C12H11Cl2NO3. The molecule has 4 nitrogen and oxygen atoms in total. The van der Waals surface area contributed by atoms with Crippen LogP contribution in [0.4, 0.5) is 0 Å². The molecule has 1 saturated heterocycles. The van der Waals surface area contributed by atoms with Crippen LogP contribution in [-0.2, 0) is 4.79 Å². The number of rotatable bonds is 2. The highest BCUT2D eigenvalue weighted by Crippen LogP contribution is 2.25. The molecule has 1 atom stereocenters. The van der Waals surface area contributed by atoms with Crippen LogP contribution in [0.3, 0.4) is 0 Å². The molecule has 1 aliphatic heterocycles. The fourth-order valence-corrected chi connectivity index (χ4v) is 2.47. The lowest BCUT2D eigenvalue weighted by Gasteiger charge is -2.16. The number of carbonyl (C=O) groups is 2. The van der Waals surface area contributed by atoms with Gasteiger partial charge in [0, 0.05) is 18.1 Å². The summed E-state index contributed by atoms with van der Waals surface area (Å²) in [5.74, 6) is -1.60. The van der Waals surface area contributed by atoms with Crippen molar-refractivity contribution in [2.24, 2.45) is 5.92 Å². The maximum absolute atomic E-state index is 12.2. The number of hydrogen-bond acceptors (Lipinski definition) is 2. The molecule has 0 aliphatic carbocycles. The molecule has 1 heterocycles. The van der Waals surface area contributed by atoms with Crippen molar-refractivity contribution in [1.29, 1.82) is 0 Å². The second kappa shape index (κ2) is 5.16. The summed E-state index contributed by atoms with van der Waals surface area (Å²) in [6, 6.07) is 4.65. The Bertz CT molecular complexity index is 504. The SMILES string of the molecule is O=C(O)[C@@H]1CCN(C(=O)c2ccc(Cl)cc2Cl)C1. The zero-order valence-corrected chi connectivity index (χ0v) is 10.9. The fraction of sp³-hybridized carbons (Fsp3) is 0.333. The molecule has 1 aliphatic rings. The molecule has 18 heavy (non-hydrogen) atoms. The molecule has 2 rings (SSSR count). The van der Waals surface area contributed by atoms with Gasteiger partial charge < -0.3 is 10.0 Å². The van der Waals surface area contributed by atoms with Gasteiger partial charge in [0.25, 0.3) is 5.91 Å². The van der Waals surface area contributed by atoms with Gasteiger partial charge in [-0.15, -0.1) is 0 Å². The van der Waals surface area contributed by atoms with Gasteiger partial charge in [0.05, 0.1) is 16.5 Å². The first-order valence-corrected chi connectivity index (χ1v) is 6.22. The average Bonchev–Trinajstić information content (AvgIpc) is 2.77. The summed E-state index contributed by atoms with van der Waals surface area (Å²) in [4.78, 5) is 24.5. The number of carboxylic acid groups (broad SMARTS) is 1. The number of amides is 1. The van der Waals surface area contributed by atoms with Crippen molar-refractivity contribution in [3.05, 3.63) is 33.8 Å². The van der Waals surface area contributed by atoms with E-state index in [2.05, 4.69) is 0 Å². The first-order valence-electron chi connectivity index (χ1n) is 5.46. The third-order valence-corrected chi connectivity index (χ3v) is 3.53. The summed E-state index contributed by atoms with van der Waals surface area (Å²) in [6.45, 7) is 0.669. The molecule has 0 bridgehead atoms. The lowest BCUT2D eigenvalue weighted by atomic mass is 10.1. The van der Waals surface area contributed by atoms with Crippen LogP contribution in [0.15, 0.2) is 18.2 Å². The van der Waals surface area contributed by atoms with Crippen LogP contribution in [0.2, 0.25) is 10.0 Å². The molecular weight excluding hydrogens is 277 g/mol. The van der Waals surface area contributed by atoms with Gasteiger partial charge in [-0.3, -0.25) is 9.59 Å². The number of hydrogen-bond donors (Lipinski definition) is 1. The first-order chi connectivity index (χ1) is 8.49. The number of halogens is 2. The highest BCUT2D eigenvalue weighted by Gasteiger charge is 2.31.